The molecule has 0 saturated carbocycles. The SMILES string of the molecule is CCOC(=O)C1C(=O)c2ccccc2CC1C. The van der Waals surface area contributed by atoms with Gasteiger partial charge in [0, 0.05) is 5.56 Å². The van der Waals surface area contributed by atoms with Gasteiger partial charge in [0.15, 0.2) is 5.78 Å². The van der Waals surface area contributed by atoms with Crippen molar-refractivity contribution in [1.82, 2.24) is 0 Å². The lowest BCUT2D eigenvalue weighted by Gasteiger charge is -2.27. The summed E-state index contributed by atoms with van der Waals surface area (Å²) in [6.45, 7) is 4.00. The average molecular weight is 232 g/mol. The fraction of sp³-hybridized carbons (Fsp3) is 0.429. The molecule has 2 unspecified atom stereocenters. The van der Waals surface area contributed by atoms with Crippen molar-refractivity contribution in [1.29, 1.82) is 0 Å². The molecular formula is C14H16O3. The van der Waals surface area contributed by atoms with Crippen molar-refractivity contribution in [2.24, 2.45) is 11.8 Å². The molecule has 0 aromatic heterocycles. The van der Waals surface area contributed by atoms with E-state index in [9.17, 15) is 9.59 Å². The second-order valence-electron chi connectivity index (χ2n) is 4.43. The average Bonchev–Trinajstić information content (AvgIpc) is 2.29. The number of esters is 1. The van der Waals surface area contributed by atoms with Gasteiger partial charge >= 0.3 is 5.97 Å². The van der Waals surface area contributed by atoms with E-state index in [0.717, 1.165) is 12.0 Å². The number of fused-ring (bicyclic) bond motifs is 1. The van der Waals surface area contributed by atoms with Gasteiger partial charge in [-0.3, -0.25) is 9.59 Å². The minimum absolute atomic E-state index is 0.0106. The van der Waals surface area contributed by atoms with Gasteiger partial charge in [0.2, 0.25) is 0 Å². The number of carbonyl (C=O) groups excluding carboxylic acids is 2. The highest BCUT2D eigenvalue weighted by Crippen LogP contribution is 2.30. The van der Waals surface area contributed by atoms with Crippen molar-refractivity contribution in [3.05, 3.63) is 35.4 Å². The Bertz CT molecular complexity index is 451. The maximum absolute atomic E-state index is 12.2. The quantitative estimate of drug-likeness (QED) is 0.580. The maximum atomic E-state index is 12.2. The maximum Gasteiger partial charge on any atom is 0.317 e. The fourth-order valence-electron chi connectivity index (χ4n) is 2.40. The zero-order chi connectivity index (χ0) is 12.4. The molecule has 1 aromatic carbocycles. The highest BCUT2D eigenvalue weighted by Gasteiger charge is 2.38. The summed E-state index contributed by atoms with van der Waals surface area (Å²) in [5.41, 5.74) is 1.70. The monoisotopic (exact) mass is 232 g/mol. The Morgan fingerprint density at radius 3 is 2.82 bits per heavy atom. The molecule has 2 rings (SSSR count). The third kappa shape index (κ3) is 2.09. The summed E-state index contributed by atoms with van der Waals surface area (Å²) in [6.07, 6.45) is 0.755. The largest absolute Gasteiger partial charge is 0.465 e. The third-order valence-corrected chi connectivity index (χ3v) is 3.22. The van der Waals surface area contributed by atoms with E-state index in [2.05, 4.69) is 0 Å². The highest BCUT2D eigenvalue weighted by molar-refractivity contribution is 6.10. The van der Waals surface area contributed by atoms with Crippen LogP contribution in [0.5, 0.6) is 0 Å². The second kappa shape index (κ2) is 4.70. The van der Waals surface area contributed by atoms with Crippen LogP contribution in [0, 0.1) is 11.8 Å². The number of Topliss-reactive ketones (excluding diaryl/α,β-unsaturated/α-hetero) is 1. The second-order valence-corrected chi connectivity index (χ2v) is 4.43. The standard InChI is InChI=1S/C14H16O3/c1-3-17-14(16)12-9(2)8-10-6-4-5-7-11(10)13(12)15/h4-7,9,12H,3,8H2,1-2H3. The normalized spacial score (nSPS) is 23.1. The number of rotatable bonds is 2. The van der Waals surface area contributed by atoms with Crippen LogP contribution in [0.25, 0.3) is 0 Å². The predicted molar refractivity (Wildman–Crippen MR) is 63.8 cm³/mol. The van der Waals surface area contributed by atoms with Gasteiger partial charge in [-0.2, -0.15) is 0 Å². The fourth-order valence-corrected chi connectivity index (χ4v) is 2.40. The Balaban J connectivity index is 2.33. The molecule has 0 amide bonds. The van der Waals surface area contributed by atoms with Gasteiger partial charge in [0.05, 0.1) is 6.61 Å². The Hall–Kier alpha value is -1.64. The summed E-state index contributed by atoms with van der Waals surface area (Å²) in [7, 11) is 0. The van der Waals surface area contributed by atoms with E-state index >= 15 is 0 Å². The summed E-state index contributed by atoms with van der Waals surface area (Å²) in [5, 5.41) is 0. The lowest BCUT2D eigenvalue weighted by molar-refractivity contribution is -0.147. The molecule has 2 atom stereocenters. The van der Waals surface area contributed by atoms with E-state index in [0.29, 0.717) is 12.2 Å². The van der Waals surface area contributed by atoms with Crippen molar-refractivity contribution >= 4 is 11.8 Å². The van der Waals surface area contributed by atoms with Crippen LogP contribution in [0.15, 0.2) is 24.3 Å². The van der Waals surface area contributed by atoms with Crippen LogP contribution in [0.2, 0.25) is 0 Å². The van der Waals surface area contributed by atoms with E-state index in [1.54, 1.807) is 13.0 Å². The van der Waals surface area contributed by atoms with Crippen LogP contribution in [0.3, 0.4) is 0 Å². The summed E-state index contributed by atoms with van der Waals surface area (Å²) in [5.74, 6) is -1.11. The number of carbonyl (C=O) groups is 2. The van der Waals surface area contributed by atoms with Gasteiger partial charge in [0.1, 0.15) is 5.92 Å². The first-order valence-electron chi connectivity index (χ1n) is 5.94. The third-order valence-electron chi connectivity index (χ3n) is 3.22. The first-order chi connectivity index (χ1) is 8.15. The molecule has 0 N–H and O–H groups in total. The lowest BCUT2D eigenvalue weighted by Crippen LogP contribution is -2.37. The van der Waals surface area contributed by atoms with Crippen LogP contribution < -0.4 is 0 Å². The molecule has 0 heterocycles. The smallest absolute Gasteiger partial charge is 0.317 e. The summed E-state index contributed by atoms with van der Waals surface area (Å²) >= 11 is 0. The predicted octanol–water partition coefficient (Wildman–Crippen LogP) is 2.24. The van der Waals surface area contributed by atoms with Crippen LogP contribution in [0.4, 0.5) is 0 Å². The van der Waals surface area contributed by atoms with Crippen molar-refractivity contribution in [3.63, 3.8) is 0 Å². The minimum Gasteiger partial charge on any atom is -0.465 e. The van der Waals surface area contributed by atoms with Gasteiger partial charge in [-0.05, 0) is 24.8 Å². The summed E-state index contributed by atoms with van der Waals surface area (Å²) in [4.78, 5) is 24.0. The van der Waals surface area contributed by atoms with Crippen LogP contribution in [-0.2, 0) is 16.0 Å². The molecule has 3 heteroatoms. The number of hydrogen-bond acceptors (Lipinski definition) is 3. The van der Waals surface area contributed by atoms with Gasteiger partial charge < -0.3 is 4.74 Å². The molecule has 17 heavy (non-hydrogen) atoms. The molecule has 3 nitrogen and oxygen atoms in total. The number of benzene rings is 1. The van der Waals surface area contributed by atoms with E-state index < -0.39 is 5.92 Å². The van der Waals surface area contributed by atoms with Crippen molar-refractivity contribution < 1.29 is 14.3 Å². The van der Waals surface area contributed by atoms with Gasteiger partial charge in [-0.15, -0.1) is 0 Å². The zero-order valence-corrected chi connectivity index (χ0v) is 10.1. The molecule has 0 bridgehead atoms. The molecular weight excluding hydrogens is 216 g/mol. The zero-order valence-electron chi connectivity index (χ0n) is 10.1. The lowest BCUT2D eigenvalue weighted by atomic mass is 9.76. The minimum atomic E-state index is -0.634. The number of ether oxygens (including phenoxy) is 1. The van der Waals surface area contributed by atoms with E-state index in [1.807, 2.05) is 25.1 Å². The topological polar surface area (TPSA) is 43.4 Å². The molecule has 1 aromatic rings. The first kappa shape index (κ1) is 11.8. The molecule has 0 radical (unpaired) electrons. The Morgan fingerprint density at radius 2 is 2.12 bits per heavy atom. The summed E-state index contributed by atoms with van der Waals surface area (Å²) < 4.78 is 4.98. The molecule has 0 aliphatic heterocycles. The molecule has 0 fully saturated rings. The van der Waals surface area contributed by atoms with Crippen LogP contribution >= 0.6 is 0 Å². The molecule has 0 saturated heterocycles. The Labute approximate surface area is 101 Å². The van der Waals surface area contributed by atoms with Crippen LogP contribution in [0.1, 0.15) is 29.8 Å². The Morgan fingerprint density at radius 1 is 1.41 bits per heavy atom. The number of ketones is 1. The van der Waals surface area contributed by atoms with Gasteiger partial charge in [-0.1, -0.05) is 31.2 Å². The van der Waals surface area contributed by atoms with E-state index in [4.69, 9.17) is 4.74 Å². The molecule has 1 aliphatic rings. The van der Waals surface area contributed by atoms with Crippen molar-refractivity contribution in [2.75, 3.05) is 6.61 Å². The highest BCUT2D eigenvalue weighted by atomic mass is 16.5. The first-order valence-corrected chi connectivity index (χ1v) is 5.94. The molecule has 0 spiro atoms. The number of hydrogen-bond donors (Lipinski definition) is 0. The summed E-state index contributed by atoms with van der Waals surface area (Å²) in [6, 6.07) is 7.49. The molecule has 1 aliphatic carbocycles. The van der Waals surface area contributed by atoms with E-state index in [1.165, 1.54) is 0 Å². The van der Waals surface area contributed by atoms with Crippen LogP contribution in [-0.4, -0.2) is 18.4 Å². The van der Waals surface area contributed by atoms with E-state index in [-0.39, 0.29) is 17.7 Å². The molecule has 90 valence electrons. The van der Waals surface area contributed by atoms with Gasteiger partial charge in [0.25, 0.3) is 0 Å². The van der Waals surface area contributed by atoms with Crippen molar-refractivity contribution in [2.45, 2.75) is 20.3 Å². The van der Waals surface area contributed by atoms with Crippen molar-refractivity contribution in [3.8, 4) is 0 Å². The van der Waals surface area contributed by atoms with Gasteiger partial charge in [-0.25, -0.2) is 0 Å². The Kier molecular flexibility index (Phi) is 3.27.